The van der Waals surface area contributed by atoms with Crippen LogP contribution in [-0.4, -0.2) is 48.2 Å². The summed E-state index contributed by atoms with van der Waals surface area (Å²) in [4.78, 5) is 29.7. The number of sulfone groups is 1. The van der Waals surface area contributed by atoms with Crippen LogP contribution < -0.4 is 16.0 Å². The minimum absolute atomic E-state index is 0.147. The van der Waals surface area contributed by atoms with E-state index in [9.17, 15) is 18.0 Å². The van der Waals surface area contributed by atoms with Crippen LogP contribution in [0.1, 0.15) is 16.8 Å². The molecule has 1 atom stereocenters. The third-order valence-corrected chi connectivity index (χ3v) is 9.14. The van der Waals surface area contributed by atoms with Gasteiger partial charge in [0.2, 0.25) is 0 Å². The van der Waals surface area contributed by atoms with Gasteiger partial charge in [0, 0.05) is 24.6 Å². The van der Waals surface area contributed by atoms with E-state index in [1.165, 1.54) is 6.07 Å². The lowest BCUT2D eigenvalue weighted by molar-refractivity contribution is 0.0967. The lowest BCUT2D eigenvalue weighted by Crippen LogP contribution is -2.34. The number of benzene rings is 2. The summed E-state index contributed by atoms with van der Waals surface area (Å²) < 4.78 is 28.1. The molecular formula is C23H20ClN5O4S2. The maximum Gasteiger partial charge on any atom is 0.327 e. The Balaban J connectivity index is 1.30. The molecule has 180 valence electrons. The zero-order chi connectivity index (χ0) is 24.6. The Hall–Kier alpha value is -3.25. The summed E-state index contributed by atoms with van der Waals surface area (Å²) in [5, 5.41) is 7.85. The second-order valence-electron chi connectivity index (χ2n) is 7.97. The molecule has 12 heteroatoms. The molecule has 0 saturated carbocycles. The third kappa shape index (κ3) is 4.80. The first-order valence-electron chi connectivity index (χ1n) is 10.7. The number of amides is 3. The SMILES string of the molecule is O=C(NC(=O)c1cc(-n2cccc2)ccc1Cl)Nc1nc2ccc(S(=O)(=O)[C@H]3CCNC3)cc2s1. The summed E-state index contributed by atoms with van der Waals surface area (Å²) >= 11 is 7.30. The van der Waals surface area contributed by atoms with E-state index >= 15 is 0 Å². The van der Waals surface area contributed by atoms with Crippen LogP contribution in [0.15, 0.2) is 65.8 Å². The van der Waals surface area contributed by atoms with Gasteiger partial charge in [-0.15, -0.1) is 0 Å². The summed E-state index contributed by atoms with van der Waals surface area (Å²) in [7, 11) is -3.46. The number of fused-ring (bicyclic) bond motifs is 1. The molecule has 0 spiro atoms. The summed E-state index contributed by atoms with van der Waals surface area (Å²) in [6.45, 7) is 1.11. The minimum atomic E-state index is -3.46. The number of carbonyl (C=O) groups is 2. The molecule has 1 fully saturated rings. The van der Waals surface area contributed by atoms with Gasteiger partial charge in [0.25, 0.3) is 5.91 Å². The fraction of sp³-hybridized carbons (Fsp3) is 0.174. The van der Waals surface area contributed by atoms with E-state index in [-0.39, 0.29) is 20.6 Å². The predicted octanol–water partition coefficient (Wildman–Crippen LogP) is 3.84. The van der Waals surface area contributed by atoms with Gasteiger partial charge in [0.1, 0.15) is 0 Å². The van der Waals surface area contributed by atoms with Crippen LogP contribution in [0.25, 0.3) is 15.9 Å². The molecule has 3 amide bonds. The van der Waals surface area contributed by atoms with E-state index in [1.54, 1.807) is 30.3 Å². The van der Waals surface area contributed by atoms with Crippen molar-refractivity contribution < 1.29 is 18.0 Å². The van der Waals surface area contributed by atoms with Crippen molar-refractivity contribution in [1.29, 1.82) is 0 Å². The fourth-order valence-corrected chi connectivity index (χ4v) is 6.74. The Morgan fingerprint density at radius 1 is 1.14 bits per heavy atom. The molecule has 1 saturated heterocycles. The van der Waals surface area contributed by atoms with Crippen LogP contribution in [0.3, 0.4) is 0 Å². The maximum atomic E-state index is 12.9. The van der Waals surface area contributed by atoms with Gasteiger partial charge in [-0.3, -0.25) is 15.4 Å². The van der Waals surface area contributed by atoms with Crippen LogP contribution in [0.4, 0.5) is 9.93 Å². The quantitative estimate of drug-likeness (QED) is 0.361. The van der Waals surface area contributed by atoms with Crippen molar-refractivity contribution in [1.82, 2.24) is 20.2 Å². The van der Waals surface area contributed by atoms with Gasteiger partial charge in [0.05, 0.1) is 30.9 Å². The average molecular weight is 530 g/mol. The molecule has 0 unspecified atom stereocenters. The number of imide groups is 1. The van der Waals surface area contributed by atoms with E-state index in [0.29, 0.717) is 29.7 Å². The highest BCUT2D eigenvalue weighted by molar-refractivity contribution is 7.92. The van der Waals surface area contributed by atoms with Crippen molar-refractivity contribution in [3.63, 3.8) is 0 Å². The first-order valence-corrected chi connectivity index (χ1v) is 13.5. The van der Waals surface area contributed by atoms with E-state index in [4.69, 9.17) is 11.6 Å². The standard InChI is InChI=1S/C23H20ClN5O4S2/c24-18-5-3-14(29-9-1-2-10-29)11-17(18)21(30)27-22(31)28-23-26-19-6-4-15(12-20(19)34-23)35(32,33)16-7-8-25-13-16/h1-6,9-12,16,25H,7-8,13H2,(H2,26,27,28,30,31)/t16-/m0/s1. The highest BCUT2D eigenvalue weighted by Crippen LogP contribution is 2.30. The molecule has 0 radical (unpaired) electrons. The van der Waals surface area contributed by atoms with Crippen molar-refractivity contribution in [3.05, 3.63) is 71.5 Å². The molecule has 2 aromatic carbocycles. The number of nitrogens with zero attached hydrogens (tertiary/aromatic N) is 2. The number of hydrogen-bond acceptors (Lipinski definition) is 7. The molecule has 4 aromatic rings. The first-order chi connectivity index (χ1) is 16.8. The topological polar surface area (TPSA) is 122 Å². The number of hydrogen-bond donors (Lipinski definition) is 3. The minimum Gasteiger partial charge on any atom is -0.324 e. The second-order valence-corrected chi connectivity index (χ2v) is 11.6. The number of aromatic nitrogens is 2. The lowest BCUT2D eigenvalue weighted by atomic mass is 10.2. The number of nitrogens with one attached hydrogen (secondary N) is 3. The third-order valence-electron chi connectivity index (χ3n) is 5.69. The van der Waals surface area contributed by atoms with Gasteiger partial charge in [-0.2, -0.15) is 0 Å². The molecule has 1 aliphatic rings. The maximum absolute atomic E-state index is 12.9. The van der Waals surface area contributed by atoms with Gasteiger partial charge in [-0.05, 0) is 61.5 Å². The van der Waals surface area contributed by atoms with Crippen LogP contribution in [0.5, 0.6) is 0 Å². The molecule has 0 aliphatic carbocycles. The smallest absolute Gasteiger partial charge is 0.324 e. The summed E-state index contributed by atoms with van der Waals surface area (Å²) in [5.74, 6) is -0.666. The molecule has 2 aromatic heterocycles. The largest absolute Gasteiger partial charge is 0.327 e. The van der Waals surface area contributed by atoms with E-state index < -0.39 is 27.0 Å². The number of halogens is 1. The molecule has 3 heterocycles. The fourth-order valence-electron chi connectivity index (χ4n) is 3.87. The number of anilines is 1. The lowest BCUT2D eigenvalue weighted by Gasteiger charge is -2.10. The Morgan fingerprint density at radius 2 is 1.94 bits per heavy atom. The van der Waals surface area contributed by atoms with Crippen molar-refractivity contribution in [2.45, 2.75) is 16.6 Å². The number of urea groups is 1. The molecular weight excluding hydrogens is 510 g/mol. The summed E-state index contributed by atoms with van der Waals surface area (Å²) in [5.41, 5.74) is 1.41. The van der Waals surface area contributed by atoms with Crippen LogP contribution in [-0.2, 0) is 9.84 Å². The molecule has 3 N–H and O–H groups in total. The van der Waals surface area contributed by atoms with Gasteiger partial charge in [-0.1, -0.05) is 22.9 Å². The zero-order valence-electron chi connectivity index (χ0n) is 18.2. The predicted molar refractivity (Wildman–Crippen MR) is 135 cm³/mol. The molecule has 9 nitrogen and oxygen atoms in total. The van der Waals surface area contributed by atoms with Crippen LogP contribution in [0.2, 0.25) is 5.02 Å². The van der Waals surface area contributed by atoms with E-state index in [2.05, 4.69) is 20.9 Å². The summed E-state index contributed by atoms with van der Waals surface area (Å²) in [6.07, 6.45) is 4.22. The Kier molecular flexibility index (Phi) is 6.32. The number of carbonyl (C=O) groups excluding carboxylic acids is 2. The van der Waals surface area contributed by atoms with Crippen LogP contribution in [0, 0.1) is 0 Å². The Labute approximate surface area is 210 Å². The Morgan fingerprint density at radius 3 is 2.69 bits per heavy atom. The zero-order valence-corrected chi connectivity index (χ0v) is 20.6. The second kappa shape index (κ2) is 9.42. The van der Waals surface area contributed by atoms with Crippen molar-refractivity contribution >= 4 is 60.1 Å². The number of thiazole rings is 1. The first kappa shape index (κ1) is 23.5. The average Bonchev–Trinajstić information content (AvgIpc) is 3.60. The van der Waals surface area contributed by atoms with Crippen molar-refractivity contribution in [2.24, 2.45) is 0 Å². The molecule has 35 heavy (non-hydrogen) atoms. The van der Waals surface area contributed by atoms with E-state index in [1.807, 2.05) is 29.1 Å². The monoisotopic (exact) mass is 529 g/mol. The molecule has 5 rings (SSSR count). The van der Waals surface area contributed by atoms with E-state index in [0.717, 1.165) is 17.0 Å². The van der Waals surface area contributed by atoms with Gasteiger partial charge in [0.15, 0.2) is 15.0 Å². The van der Waals surface area contributed by atoms with Crippen molar-refractivity contribution in [3.8, 4) is 5.69 Å². The molecule has 0 bridgehead atoms. The highest BCUT2D eigenvalue weighted by atomic mass is 35.5. The summed E-state index contributed by atoms with van der Waals surface area (Å²) in [6, 6.07) is 12.6. The highest BCUT2D eigenvalue weighted by Gasteiger charge is 2.30. The Bertz CT molecular complexity index is 1530. The van der Waals surface area contributed by atoms with Gasteiger partial charge in [-0.25, -0.2) is 18.2 Å². The van der Waals surface area contributed by atoms with Crippen LogP contribution >= 0.6 is 22.9 Å². The molecule has 1 aliphatic heterocycles. The van der Waals surface area contributed by atoms with Gasteiger partial charge >= 0.3 is 6.03 Å². The van der Waals surface area contributed by atoms with Crippen molar-refractivity contribution in [2.75, 3.05) is 18.4 Å². The van der Waals surface area contributed by atoms with Gasteiger partial charge < -0.3 is 9.88 Å². The normalized spacial score (nSPS) is 15.9. The number of rotatable bonds is 5.